The smallest absolute Gasteiger partial charge is 0.0608 e. The average Bonchev–Trinajstić information content (AvgIpc) is 2.40. The summed E-state index contributed by atoms with van der Waals surface area (Å²) in [4.78, 5) is 2.44. The number of ether oxygens (including phenoxy) is 1. The first-order valence-electron chi connectivity index (χ1n) is 6.93. The lowest BCUT2D eigenvalue weighted by molar-refractivity contribution is 0.0459. The van der Waals surface area contributed by atoms with Crippen LogP contribution in [0.25, 0.3) is 0 Å². The van der Waals surface area contributed by atoms with E-state index in [-0.39, 0.29) is 6.04 Å². The van der Waals surface area contributed by atoms with Crippen molar-refractivity contribution in [2.45, 2.75) is 38.8 Å². The van der Waals surface area contributed by atoms with Crippen LogP contribution in [0.5, 0.6) is 0 Å². The van der Waals surface area contributed by atoms with Gasteiger partial charge in [-0.3, -0.25) is 0 Å². The van der Waals surface area contributed by atoms with Crippen molar-refractivity contribution in [2.24, 2.45) is 5.73 Å². The molecule has 0 bridgehead atoms. The van der Waals surface area contributed by atoms with E-state index in [9.17, 15) is 0 Å². The average molecular weight is 248 g/mol. The molecule has 1 fully saturated rings. The lowest BCUT2D eigenvalue weighted by Gasteiger charge is -2.35. The molecule has 3 heteroatoms. The molecule has 0 saturated carbocycles. The second-order valence-electron chi connectivity index (χ2n) is 4.99. The summed E-state index contributed by atoms with van der Waals surface area (Å²) in [7, 11) is 0. The van der Waals surface area contributed by atoms with Crippen LogP contribution >= 0.6 is 0 Å². The topological polar surface area (TPSA) is 38.5 Å². The van der Waals surface area contributed by atoms with Crippen LogP contribution in [0, 0.1) is 0 Å². The Morgan fingerprint density at radius 3 is 2.61 bits per heavy atom. The standard InChI is InChI=1S/C15H24N2O/c1-3-18-13-8-10-17(11-9-13)15-7-5-4-6-14(15)12(2)16/h4-7,12-13H,3,8-11,16H2,1-2H3. The van der Waals surface area contributed by atoms with Crippen molar-refractivity contribution in [1.29, 1.82) is 0 Å². The third-order valence-electron chi connectivity index (χ3n) is 3.61. The van der Waals surface area contributed by atoms with E-state index < -0.39 is 0 Å². The Balaban J connectivity index is 2.05. The number of rotatable bonds is 4. The number of nitrogens with two attached hydrogens (primary N) is 1. The third kappa shape index (κ3) is 3.03. The maximum absolute atomic E-state index is 6.04. The van der Waals surface area contributed by atoms with E-state index in [1.54, 1.807) is 0 Å². The molecule has 2 rings (SSSR count). The fourth-order valence-electron chi connectivity index (χ4n) is 2.66. The molecule has 1 heterocycles. The second-order valence-corrected chi connectivity index (χ2v) is 4.99. The van der Waals surface area contributed by atoms with Crippen LogP contribution < -0.4 is 10.6 Å². The minimum Gasteiger partial charge on any atom is -0.378 e. The number of piperidine rings is 1. The fraction of sp³-hybridized carbons (Fsp3) is 0.600. The number of nitrogens with zero attached hydrogens (tertiary/aromatic N) is 1. The molecule has 1 atom stereocenters. The number of hydrogen-bond acceptors (Lipinski definition) is 3. The highest BCUT2D eigenvalue weighted by molar-refractivity contribution is 5.55. The quantitative estimate of drug-likeness (QED) is 0.890. The van der Waals surface area contributed by atoms with Crippen molar-refractivity contribution in [3.63, 3.8) is 0 Å². The zero-order chi connectivity index (χ0) is 13.0. The number of anilines is 1. The van der Waals surface area contributed by atoms with Gasteiger partial charge in [-0.05, 0) is 38.3 Å². The summed E-state index contributed by atoms with van der Waals surface area (Å²) in [5, 5.41) is 0. The van der Waals surface area contributed by atoms with Crippen molar-refractivity contribution in [3.05, 3.63) is 29.8 Å². The van der Waals surface area contributed by atoms with Gasteiger partial charge in [-0.1, -0.05) is 18.2 Å². The lowest BCUT2D eigenvalue weighted by Crippen LogP contribution is -2.37. The Kier molecular flexibility index (Phi) is 4.61. The molecule has 18 heavy (non-hydrogen) atoms. The summed E-state index contributed by atoms with van der Waals surface area (Å²) < 4.78 is 5.69. The molecule has 1 aromatic carbocycles. The van der Waals surface area contributed by atoms with Crippen LogP contribution in [0.1, 0.15) is 38.3 Å². The minimum absolute atomic E-state index is 0.0887. The third-order valence-corrected chi connectivity index (χ3v) is 3.61. The summed E-state index contributed by atoms with van der Waals surface area (Å²) in [6, 6.07) is 8.56. The number of hydrogen-bond donors (Lipinski definition) is 1. The fourth-order valence-corrected chi connectivity index (χ4v) is 2.66. The molecule has 0 aromatic heterocycles. The van der Waals surface area contributed by atoms with Gasteiger partial charge in [0.1, 0.15) is 0 Å². The molecule has 0 radical (unpaired) electrons. The van der Waals surface area contributed by atoms with Gasteiger partial charge in [0, 0.05) is 31.4 Å². The zero-order valence-electron chi connectivity index (χ0n) is 11.4. The van der Waals surface area contributed by atoms with Crippen molar-refractivity contribution >= 4 is 5.69 Å². The first-order valence-corrected chi connectivity index (χ1v) is 6.93. The van der Waals surface area contributed by atoms with Crippen LogP contribution in [0.4, 0.5) is 5.69 Å². The molecule has 1 unspecified atom stereocenters. The van der Waals surface area contributed by atoms with Crippen LogP contribution in [0.2, 0.25) is 0 Å². The Labute approximate surface area is 110 Å². The lowest BCUT2D eigenvalue weighted by atomic mass is 10.0. The van der Waals surface area contributed by atoms with E-state index in [2.05, 4.69) is 36.1 Å². The summed E-state index contributed by atoms with van der Waals surface area (Å²) in [5.41, 5.74) is 8.58. The molecule has 3 nitrogen and oxygen atoms in total. The van der Waals surface area contributed by atoms with E-state index >= 15 is 0 Å². The summed E-state index contributed by atoms with van der Waals surface area (Å²) in [6.07, 6.45) is 2.66. The Morgan fingerprint density at radius 1 is 1.33 bits per heavy atom. The van der Waals surface area contributed by atoms with Gasteiger partial charge in [0.2, 0.25) is 0 Å². The minimum atomic E-state index is 0.0887. The van der Waals surface area contributed by atoms with E-state index in [4.69, 9.17) is 10.5 Å². The van der Waals surface area contributed by atoms with Crippen LogP contribution in [0.15, 0.2) is 24.3 Å². The number of benzene rings is 1. The van der Waals surface area contributed by atoms with Crippen molar-refractivity contribution in [1.82, 2.24) is 0 Å². The van der Waals surface area contributed by atoms with E-state index in [0.29, 0.717) is 6.10 Å². The molecule has 0 amide bonds. The Bertz CT molecular complexity index is 371. The molecule has 0 spiro atoms. The monoisotopic (exact) mass is 248 g/mol. The van der Waals surface area contributed by atoms with Crippen LogP contribution in [-0.2, 0) is 4.74 Å². The van der Waals surface area contributed by atoms with Gasteiger partial charge in [-0.2, -0.15) is 0 Å². The van der Waals surface area contributed by atoms with Gasteiger partial charge >= 0.3 is 0 Å². The van der Waals surface area contributed by atoms with E-state index in [0.717, 1.165) is 32.5 Å². The summed E-state index contributed by atoms with van der Waals surface area (Å²) in [6.45, 7) is 7.06. The van der Waals surface area contributed by atoms with E-state index in [1.807, 2.05) is 6.92 Å². The molecule has 0 aliphatic carbocycles. The van der Waals surface area contributed by atoms with E-state index in [1.165, 1.54) is 11.3 Å². The summed E-state index contributed by atoms with van der Waals surface area (Å²) in [5.74, 6) is 0. The van der Waals surface area contributed by atoms with Crippen molar-refractivity contribution < 1.29 is 4.74 Å². The largest absolute Gasteiger partial charge is 0.378 e. The second kappa shape index (κ2) is 6.21. The number of para-hydroxylation sites is 1. The molecule has 100 valence electrons. The first kappa shape index (κ1) is 13.4. The molecular formula is C15H24N2O. The maximum Gasteiger partial charge on any atom is 0.0608 e. The predicted octanol–water partition coefficient (Wildman–Crippen LogP) is 2.71. The van der Waals surface area contributed by atoms with Gasteiger partial charge in [0.15, 0.2) is 0 Å². The van der Waals surface area contributed by atoms with Crippen LogP contribution in [-0.4, -0.2) is 25.8 Å². The Morgan fingerprint density at radius 2 is 2.00 bits per heavy atom. The normalized spacial score (nSPS) is 18.9. The zero-order valence-corrected chi connectivity index (χ0v) is 11.4. The van der Waals surface area contributed by atoms with Gasteiger partial charge in [-0.15, -0.1) is 0 Å². The molecule has 2 N–H and O–H groups in total. The van der Waals surface area contributed by atoms with Crippen LogP contribution in [0.3, 0.4) is 0 Å². The van der Waals surface area contributed by atoms with Gasteiger partial charge < -0.3 is 15.4 Å². The SMILES string of the molecule is CCOC1CCN(c2ccccc2C(C)N)CC1. The highest BCUT2D eigenvalue weighted by Gasteiger charge is 2.21. The molecule has 1 aliphatic heterocycles. The molecule has 1 saturated heterocycles. The van der Waals surface area contributed by atoms with Gasteiger partial charge in [-0.25, -0.2) is 0 Å². The van der Waals surface area contributed by atoms with Crippen molar-refractivity contribution in [3.8, 4) is 0 Å². The first-order chi connectivity index (χ1) is 8.72. The molecular weight excluding hydrogens is 224 g/mol. The maximum atomic E-state index is 6.04. The Hall–Kier alpha value is -1.06. The highest BCUT2D eigenvalue weighted by atomic mass is 16.5. The summed E-state index contributed by atoms with van der Waals surface area (Å²) >= 11 is 0. The highest BCUT2D eigenvalue weighted by Crippen LogP contribution is 2.28. The molecule has 1 aliphatic rings. The van der Waals surface area contributed by atoms with Gasteiger partial charge in [0.25, 0.3) is 0 Å². The van der Waals surface area contributed by atoms with Gasteiger partial charge in [0.05, 0.1) is 6.10 Å². The molecule has 1 aromatic rings. The van der Waals surface area contributed by atoms with Crippen molar-refractivity contribution in [2.75, 3.05) is 24.6 Å². The predicted molar refractivity (Wildman–Crippen MR) is 75.9 cm³/mol.